The molecule has 5 unspecified atom stereocenters. The Morgan fingerprint density at radius 2 is 2.00 bits per heavy atom. The summed E-state index contributed by atoms with van der Waals surface area (Å²) in [6.07, 6.45) is -4.47. The predicted molar refractivity (Wildman–Crippen MR) is 71.0 cm³/mol. The van der Waals surface area contributed by atoms with Gasteiger partial charge < -0.3 is 31.3 Å². The lowest BCUT2D eigenvalue weighted by molar-refractivity contribution is -0.122. The smallest absolute Gasteiger partial charge is 0.325 e. The van der Waals surface area contributed by atoms with Gasteiger partial charge >= 0.3 is 7.60 Å². The minimum absolute atomic E-state index is 0.132. The van der Waals surface area contributed by atoms with Crippen LogP contribution in [-0.4, -0.2) is 70.3 Å². The molecule has 0 rings (SSSR count). The molecule has 0 spiro atoms. The van der Waals surface area contributed by atoms with Crippen LogP contribution in [0.2, 0.25) is 0 Å². The Kier molecular flexibility index (Phi) is 8.45. The number of carbonyl (C=O) groups is 1. The molecule has 0 saturated carbocycles. The summed E-state index contributed by atoms with van der Waals surface area (Å²) in [5.41, 5.74) is 5.36. The van der Waals surface area contributed by atoms with Crippen LogP contribution >= 0.6 is 7.60 Å². The van der Waals surface area contributed by atoms with Gasteiger partial charge in [-0.2, -0.15) is 0 Å². The minimum atomic E-state index is -4.01. The summed E-state index contributed by atoms with van der Waals surface area (Å²) in [5.74, 6) is -0.441. The van der Waals surface area contributed by atoms with E-state index >= 15 is 0 Å². The molecule has 0 heterocycles. The van der Waals surface area contributed by atoms with E-state index in [0.29, 0.717) is 0 Å². The average Bonchev–Trinajstić information content (AvgIpc) is 2.32. The van der Waals surface area contributed by atoms with Gasteiger partial charge in [0.25, 0.3) is 0 Å². The lowest BCUT2D eigenvalue weighted by Crippen LogP contribution is -2.53. The number of aliphatic hydroxyl groups excluding tert-OH is 3. The standard InChI is InChI=1S/C10H23N2O7P/c1-6(14)12-7(3-4-11)9(16)10(8(15)5-13)19-20(2,17)18/h7-10,13,15-16H,3-5,11H2,1-2H3,(H,12,14)(H,17,18). The monoisotopic (exact) mass is 314 g/mol. The summed E-state index contributed by atoms with van der Waals surface area (Å²) in [4.78, 5) is 20.3. The van der Waals surface area contributed by atoms with Gasteiger partial charge in [0.1, 0.15) is 18.3 Å². The molecule has 7 N–H and O–H groups in total. The topological polar surface area (TPSA) is 162 Å². The number of nitrogens with two attached hydrogens (primary N) is 1. The van der Waals surface area contributed by atoms with Crippen LogP contribution in [0.3, 0.4) is 0 Å². The molecular formula is C10H23N2O7P. The Bertz CT molecular complexity index is 348. The van der Waals surface area contributed by atoms with Gasteiger partial charge in [0.05, 0.1) is 12.6 Å². The number of hydrogen-bond acceptors (Lipinski definition) is 7. The number of amides is 1. The maximum atomic E-state index is 11.3. The van der Waals surface area contributed by atoms with E-state index in [2.05, 4.69) is 5.32 Å². The first kappa shape index (κ1) is 19.5. The molecule has 0 radical (unpaired) electrons. The molecule has 0 aliphatic rings. The molecule has 120 valence electrons. The van der Waals surface area contributed by atoms with E-state index < -0.39 is 44.5 Å². The van der Waals surface area contributed by atoms with E-state index in [0.717, 1.165) is 6.66 Å². The maximum absolute atomic E-state index is 11.3. The highest BCUT2D eigenvalue weighted by Gasteiger charge is 2.37. The molecule has 0 aliphatic carbocycles. The highest BCUT2D eigenvalue weighted by molar-refractivity contribution is 7.51. The van der Waals surface area contributed by atoms with Gasteiger partial charge in [-0.1, -0.05) is 0 Å². The molecule has 0 saturated heterocycles. The highest BCUT2D eigenvalue weighted by atomic mass is 31.2. The Morgan fingerprint density at radius 1 is 1.45 bits per heavy atom. The van der Waals surface area contributed by atoms with Crippen molar-refractivity contribution in [2.75, 3.05) is 19.8 Å². The fourth-order valence-corrected chi connectivity index (χ4v) is 2.40. The average molecular weight is 314 g/mol. The quantitative estimate of drug-likeness (QED) is 0.260. The van der Waals surface area contributed by atoms with Crippen LogP contribution in [0.5, 0.6) is 0 Å². The Labute approximate surface area is 117 Å². The third kappa shape index (κ3) is 7.30. The normalized spacial score (nSPS) is 20.6. The van der Waals surface area contributed by atoms with E-state index in [4.69, 9.17) is 15.4 Å². The van der Waals surface area contributed by atoms with Crippen LogP contribution in [0, 0.1) is 0 Å². The van der Waals surface area contributed by atoms with E-state index in [1.165, 1.54) is 6.92 Å². The van der Waals surface area contributed by atoms with Crippen LogP contribution in [0.25, 0.3) is 0 Å². The number of nitrogens with one attached hydrogen (secondary N) is 1. The van der Waals surface area contributed by atoms with Crippen molar-refractivity contribution in [3.05, 3.63) is 0 Å². The lowest BCUT2D eigenvalue weighted by Gasteiger charge is -2.32. The maximum Gasteiger partial charge on any atom is 0.325 e. The van der Waals surface area contributed by atoms with E-state index in [1.54, 1.807) is 0 Å². The molecular weight excluding hydrogens is 291 g/mol. The van der Waals surface area contributed by atoms with Gasteiger partial charge in [-0.05, 0) is 13.0 Å². The van der Waals surface area contributed by atoms with Crippen molar-refractivity contribution in [3.8, 4) is 0 Å². The molecule has 1 amide bonds. The third-order valence-corrected chi connectivity index (χ3v) is 3.13. The first-order chi connectivity index (χ1) is 9.12. The molecule has 20 heavy (non-hydrogen) atoms. The number of rotatable bonds is 9. The number of hydrogen-bond donors (Lipinski definition) is 6. The van der Waals surface area contributed by atoms with Gasteiger partial charge in [-0.15, -0.1) is 0 Å². The van der Waals surface area contributed by atoms with Crippen molar-refractivity contribution in [1.29, 1.82) is 0 Å². The summed E-state index contributed by atoms with van der Waals surface area (Å²) in [6, 6.07) is -0.879. The van der Waals surface area contributed by atoms with Gasteiger partial charge in [0.2, 0.25) is 5.91 Å². The molecule has 5 atom stereocenters. The van der Waals surface area contributed by atoms with Gasteiger partial charge in [0, 0.05) is 13.6 Å². The number of aliphatic hydroxyl groups is 3. The Hall–Kier alpha value is -0.540. The summed E-state index contributed by atoms with van der Waals surface area (Å²) in [5, 5.41) is 31.0. The van der Waals surface area contributed by atoms with Gasteiger partial charge in [-0.25, -0.2) is 0 Å². The fraction of sp³-hybridized carbons (Fsp3) is 0.900. The lowest BCUT2D eigenvalue weighted by atomic mass is 9.98. The zero-order valence-electron chi connectivity index (χ0n) is 11.5. The molecule has 9 nitrogen and oxygen atoms in total. The molecule has 10 heteroatoms. The molecule has 0 fully saturated rings. The van der Waals surface area contributed by atoms with Crippen molar-refractivity contribution in [2.24, 2.45) is 5.73 Å². The second-order valence-electron chi connectivity index (χ2n) is 4.50. The van der Waals surface area contributed by atoms with Crippen molar-refractivity contribution >= 4 is 13.5 Å². The van der Waals surface area contributed by atoms with Crippen molar-refractivity contribution in [3.63, 3.8) is 0 Å². The van der Waals surface area contributed by atoms with Crippen molar-refractivity contribution < 1.29 is 34.1 Å². The second-order valence-corrected chi connectivity index (χ2v) is 6.31. The first-order valence-electron chi connectivity index (χ1n) is 6.05. The second kappa shape index (κ2) is 8.68. The minimum Gasteiger partial charge on any atom is -0.394 e. The van der Waals surface area contributed by atoms with Crippen LogP contribution in [0.1, 0.15) is 13.3 Å². The zero-order chi connectivity index (χ0) is 15.9. The zero-order valence-corrected chi connectivity index (χ0v) is 12.4. The van der Waals surface area contributed by atoms with E-state index in [1.807, 2.05) is 0 Å². The fourth-order valence-electron chi connectivity index (χ4n) is 1.69. The van der Waals surface area contributed by atoms with Crippen molar-refractivity contribution in [2.45, 2.75) is 37.7 Å². The predicted octanol–water partition coefficient (Wildman–Crippen LogP) is -2.25. The van der Waals surface area contributed by atoms with Gasteiger partial charge in [0.15, 0.2) is 0 Å². The largest absolute Gasteiger partial charge is 0.394 e. The summed E-state index contributed by atoms with van der Waals surface area (Å²) in [6.45, 7) is 1.46. The molecule has 0 aromatic carbocycles. The molecule has 0 aliphatic heterocycles. The third-order valence-electron chi connectivity index (χ3n) is 2.50. The molecule has 0 bridgehead atoms. The summed E-state index contributed by atoms with van der Waals surface area (Å²) < 4.78 is 16.0. The van der Waals surface area contributed by atoms with Crippen molar-refractivity contribution in [1.82, 2.24) is 5.32 Å². The van der Waals surface area contributed by atoms with E-state index in [-0.39, 0.29) is 13.0 Å². The highest BCUT2D eigenvalue weighted by Crippen LogP contribution is 2.40. The van der Waals surface area contributed by atoms with Gasteiger partial charge in [-0.3, -0.25) is 13.9 Å². The Morgan fingerprint density at radius 3 is 2.35 bits per heavy atom. The molecule has 0 aromatic rings. The first-order valence-corrected chi connectivity index (χ1v) is 8.07. The van der Waals surface area contributed by atoms with Crippen LogP contribution in [-0.2, 0) is 13.9 Å². The summed E-state index contributed by atoms with van der Waals surface area (Å²) >= 11 is 0. The molecule has 0 aromatic heterocycles. The van der Waals surface area contributed by atoms with Crippen LogP contribution < -0.4 is 11.1 Å². The summed E-state index contributed by atoms with van der Waals surface area (Å²) in [7, 11) is -4.01. The SMILES string of the molecule is CC(=O)NC(CCN)C(O)C(OP(C)(=O)O)C(O)CO. The van der Waals surface area contributed by atoms with Crippen LogP contribution in [0.15, 0.2) is 0 Å². The van der Waals surface area contributed by atoms with E-state index in [9.17, 15) is 24.5 Å². The van der Waals surface area contributed by atoms with Crippen LogP contribution in [0.4, 0.5) is 0 Å². The Balaban J connectivity index is 5.09. The number of carbonyl (C=O) groups excluding carboxylic acids is 1.